The van der Waals surface area contributed by atoms with Crippen LogP contribution in [0.1, 0.15) is 54.4 Å². The fourth-order valence-electron chi connectivity index (χ4n) is 2.92. The summed E-state index contributed by atoms with van der Waals surface area (Å²) in [6, 6.07) is 0.564. The first kappa shape index (κ1) is 29.2. The number of hydrogen-bond acceptors (Lipinski definition) is 1. The van der Waals surface area contributed by atoms with Crippen LogP contribution in [0.2, 0.25) is 0 Å². The average molecular weight is 448 g/mol. The van der Waals surface area contributed by atoms with E-state index in [0.29, 0.717) is 6.04 Å². The zero-order valence-corrected chi connectivity index (χ0v) is 20.3. The van der Waals surface area contributed by atoms with Crippen LogP contribution < -0.4 is 24.8 Å². The van der Waals surface area contributed by atoms with Crippen LogP contribution in [0, 0.1) is 17.6 Å². The van der Waals surface area contributed by atoms with Gasteiger partial charge in [0, 0.05) is 6.04 Å². The number of hydrogen-bond donors (Lipinski definition) is 0. The third kappa shape index (κ3) is 7.73. The summed E-state index contributed by atoms with van der Waals surface area (Å²) in [6.45, 7) is 13.1. The zero-order chi connectivity index (χ0) is 16.2. The van der Waals surface area contributed by atoms with Crippen LogP contribution >= 0.6 is 0 Å². The van der Waals surface area contributed by atoms with E-state index in [9.17, 15) is 0 Å². The van der Waals surface area contributed by atoms with Gasteiger partial charge in [0.05, 0.1) is 0 Å². The predicted molar refractivity (Wildman–Crippen MR) is 92.9 cm³/mol. The van der Waals surface area contributed by atoms with E-state index in [1.165, 1.54) is 28.7 Å². The number of likely N-dealkylation sites (N-methyl/N-ethyl adjacent to an activating group) is 1. The van der Waals surface area contributed by atoms with E-state index >= 15 is 0 Å². The van der Waals surface area contributed by atoms with Gasteiger partial charge in [0.25, 0.3) is 0 Å². The Hall–Kier alpha value is 0.383. The molecule has 1 unspecified atom stereocenters. The van der Waals surface area contributed by atoms with Gasteiger partial charge in [-0.1, -0.05) is 40.0 Å². The SMILES string of the molecule is CC1=[C-]C(C)(C)C(C)=C1C.CCC(C1=[C-]CC=C1)N(C)C.[Cl-].[Cl-].[Zr+4]. The van der Waals surface area contributed by atoms with Crippen molar-refractivity contribution in [2.24, 2.45) is 5.41 Å². The molecule has 24 heavy (non-hydrogen) atoms. The molecule has 134 valence electrons. The van der Waals surface area contributed by atoms with Crippen LogP contribution in [0.3, 0.4) is 0 Å². The molecule has 2 rings (SSSR count). The molecule has 0 aromatic rings. The Bertz CT molecular complexity index is 500. The van der Waals surface area contributed by atoms with Gasteiger partial charge in [-0.25, -0.2) is 17.2 Å². The molecular weight excluding hydrogens is 416 g/mol. The largest absolute Gasteiger partial charge is 4.00 e. The molecule has 0 aliphatic heterocycles. The van der Waals surface area contributed by atoms with Gasteiger partial charge < -0.3 is 29.7 Å². The molecule has 2 aliphatic rings. The minimum Gasteiger partial charge on any atom is -1.00 e. The smallest absolute Gasteiger partial charge is 1.00 e. The molecule has 2 aliphatic carbocycles. The van der Waals surface area contributed by atoms with Crippen molar-refractivity contribution < 1.29 is 51.0 Å². The first-order valence-electron chi connectivity index (χ1n) is 7.94. The monoisotopic (exact) mass is 445 g/mol. The summed E-state index contributed by atoms with van der Waals surface area (Å²) in [5, 5.41) is 0. The van der Waals surface area contributed by atoms with Crippen molar-refractivity contribution in [3.05, 3.63) is 46.6 Å². The number of halogens is 2. The normalized spacial score (nSPS) is 18.5. The first-order chi connectivity index (χ1) is 9.70. The van der Waals surface area contributed by atoms with Gasteiger partial charge in [-0.2, -0.15) is 17.2 Å². The van der Waals surface area contributed by atoms with Crippen molar-refractivity contribution in [3.63, 3.8) is 0 Å². The number of nitrogens with zero attached hydrogens (tertiary/aromatic N) is 1. The summed E-state index contributed by atoms with van der Waals surface area (Å²) in [4.78, 5) is 2.25. The fourth-order valence-corrected chi connectivity index (χ4v) is 2.92. The second kappa shape index (κ2) is 12.7. The van der Waals surface area contributed by atoms with E-state index in [1.54, 1.807) is 0 Å². The molecule has 0 aromatic carbocycles. The molecule has 0 aromatic heterocycles. The Morgan fingerprint density at radius 2 is 1.71 bits per heavy atom. The van der Waals surface area contributed by atoms with Crippen LogP contribution in [-0.2, 0) is 26.2 Å². The van der Waals surface area contributed by atoms with Crippen LogP contribution in [-0.4, -0.2) is 25.0 Å². The van der Waals surface area contributed by atoms with E-state index in [2.05, 4.69) is 84.8 Å². The number of allylic oxidation sites excluding steroid dienone is 6. The summed E-state index contributed by atoms with van der Waals surface area (Å²) in [6.07, 6.45) is 13.3. The molecule has 0 saturated carbocycles. The molecule has 4 heteroatoms. The maximum absolute atomic E-state index is 3.44. The standard InChI is InChI=1S/C10H16N.C10H15.2ClH.Zr/c1-4-10(11(2)3)9-7-5-6-8-9;1-7-6-10(4,5)9(3)8(7)2;;;/h5,7,10H,4,6H2,1-3H3;1-5H3;2*1H;/q2*-1;;;+4/p-2. The Balaban J connectivity index is -0.000000328. The topological polar surface area (TPSA) is 3.24 Å². The number of rotatable bonds is 3. The zero-order valence-electron chi connectivity index (χ0n) is 16.3. The predicted octanol–water partition coefficient (Wildman–Crippen LogP) is -0.866. The van der Waals surface area contributed by atoms with Gasteiger partial charge in [0.1, 0.15) is 0 Å². The average Bonchev–Trinajstić information content (AvgIpc) is 2.96. The van der Waals surface area contributed by atoms with E-state index in [4.69, 9.17) is 0 Å². The fraction of sp³-hybridized carbons (Fsp3) is 0.600. The molecule has 0 bridgehead atoms. The molecule has 0 heterocycles. The third-order valence-corrected chi connectivity index (χ3v) is 4.65. The maximum atomic E-state index is 3.44. The molecule has 0 saturated heterocycles. The van der Waals surface area contributed by atoms with Crippen LogP contribution in [0.25, 0.3) is 0 Å². The quantitative estimate of drug-likeness (QED) is 0.509. The van der Waals surface area contributed by atoms with Crippen LogP contribution in [0.5, 0.6) is 0 Å². The van der Waals surface area contributed by atoms with E-state index in [0.717, 1.165) is 6.42 Å². The maximum Gasteiger partial charge on any atom is 4.00 e. The minimum absolute atomic E-state index is 0. The molecule has 1 atom stereocenters. The van der Waals surface area contributed by atoms with E-state index in [-0.39, 0.29) is 56.4 Å². The summed E-state index contributed by atoms with van der Waals surface area (Å²) >= 11 is 0. The molecule has 0 amide bonds. The van der Waals surface area contributed by atoms with Gasteiger partial charge in [0.2, 0.25) is 0 Å². The van der Waals surface area contributed by atoms with Gasteiger partial charge in [0.15, 0.2) is 0 Å². The summed E-state index contributed by atoms with van der Waals surface area (Å²) < 4.78 is 0. The van der Waals surface area contributed by atoms with Crippen LogP contribution in [0.15, 0.2) is 34.4 Å². The van der Waals surface area contributed by atoms with Crippen molar-refractivity contribution in [2.45, 2.75) is 60.4 Å². The van der Waals surface area contributed by atoms with E-state index in [1.807, 2.05) is 0 Å². The summed E-state index contributed by atoms with van der Waals surface area (Å²) in [7, 11) is 4.24. The van der Waals surface area contributed by atoms with Crippen molar-refractivity contribution in [2.75, 3.05) is 14.1 Å². The molecule has 0 N–H and O–H groups in total. The van der Waals surface area contributed by atoms with E-state index < -0.39 is 0 Å². The van der Waals surface area contributed by atoms with Gasteiger partial charge in [-0.15, -0.1) is 13.3 Å². The van der Waals surface area contributed by atoms with Crippen molar-refractivity contribution in [3.8, 4) is 0 Å². The minimum atomic E-state index is 0. The Morgan fingerprint density at radius 3 is 1.92 bits per heavy atom. The van der Waals surface area contributed by atoms with Crippen molar-refractivity contribution in [1.29, 1.82) is 0 Å². The second-order valence-electron chi connectivity index (χ2n) is 6.75. The van der Waals surface area contributed by atoms with Gasteiger partial charge >= 0.3 is 26.2 Å². The molecular formula is C20H31Cl2NZr. The summed E-state index contributed by atoms with van der Waals surface area (Å²) in [5.74, 6) is 0. The molecule has 0 spiro atoms. The van der Waals surface area contributed by atoms with Crippen molar-refractivity contribution >= 4 is 0 Å². The Kier molecular flexibility index (Phi) is 15.4. The van der Waals surface area contributed by atoms with Gasteiger partial charge in [-0.3, -0.25) is 12.2 Å². The summed E-state index contributed by atoms with van der Waals surface area (Å²) in [5.41, 5.74) is 5.75. The third-order valence-electron chi connectivity index (χ3n) is 4.65. The Morgan fingerprint density at radius 1 is 1.17 bits per heavy atom. The van der Waals surface area contributed by atoms with Gasteiger partial charge in [-0.05, 0) is 20.5 Å². The second-order valence-corrected chi connectivity index (χ2v) is 6.75. The molecule has 0 radical (unpaired) electrons. The first-order valence-corrected chi connectivity index (χ1v) is 7.94. The Labute approximate surface area is 181 Å². The van der Waals surface area contributed by atoms with Crippen LogP contribution in [0.4, 0.5) is 0 Å². The molecule has 0 fully saturated rings. The molecule has 1 nitrogen and oxygen atoms in total. The van der Waals surface area contributed by atoms with Crippen molar-refractivity contribution in [1.82, 2.24) is 4.90 Å².